The van der Waals surface area contributed by atoms with E-state index in [1.807, 2.05) is 0 Å². The van der Waals surface area contributed by atoms with Crippen molar-refractivity contribution >= 4 is 15.9 Å². The van der Waals surface area contributed by atoms with Gasteiger partial charge in [-0.2, -0.15) is 0 Å². The summed E-state index contributed by atoms with van der Waals surface area (Å²) in [6.07, 6.45) is 21.6. The standard InChI is InChI=1S/C16H31Br/c1-2-3-4-5-6-7-8-9-10-11-12-13-14-15-16-17/h14-15H,2-13,16H2,1H3/b15-14+. The Bertz CT molecular complexity index is 152. The highest BCUT2D eigenvalue weighted by Crippen LogP contribution is 2.11. The second-order valence-corrected chi connectivity index (χ2v) is 5.60. The van der Waals surface area contributed by atoms with Crippen molar-refractivity contribution < 1.29 is 0 Å². The molecule has 0 aromatic carbocycles. The molecule has 0 amide bonds. The van der Waals surface area contributed by atoms with Gasteiger partial charge in [-0.1, -0.05) is 99.2 Å². The van der Waals surface area contributed by atoms with Crippen molar-refractivity contribution in [1.29, 1.82) is 0 Å². The Hall–Kier alpha value is 0.220. The van der Waals surface area contributed by atoms with Crippen molar-refractivity contribution in [2.24, 2.45) is 0 Å². The maximum absolute atomic E-state index is 3.40. The van der Waals surface area contributed by atoms with Gasteiger partial charge in [0.2, 0.25) is 0 Å². The Morgan fingerprint density at radius 3 is 1.59 bits per heavy atom. The van der Waals surface area contributed by atoms with Crippen LogP contribution in [-0.4, -0.2) is 5.33 Å². The first-order chi connectivity index (χ1) is 8.41. The van der Waals surface area contributed by atoms with Gasteiger partial charge in [-0.25, -0.2) is 0 Å². The summed E-state index contributed by atoms with van der Waals surface area (Å²) in [7, 11) is 0. The van der Waals surface area contributed by atoms with Crippen LogP contribution in [0.3, 0.4) is 0 Å². The normalized spacial score (nSPS) is 11.4. The number of halogens is 1. The fraction of sp³-hybridized carbons (Fsp3) is 0.875. The van der Waals surface area contributed by atoms with Gasteiger partial charge in [0, 0.05) is 5.33 Å². The molecule has 0 aromatic heterocycles. The van der Waals surface area contributed by atoms with Crippen LogP contribution in [-0.2, 0) is 0 Å². The molecule has 0 radical (unpaired) electrons. The number of hydrogen-bond donors (Lipinski definition) is 0. The van der Waals surface area contributed by atoms with Gasteiger partial charge >= 0.3 is 0 Å². The van der Waals surface area contributed by atoms with Gasteiger partial charge in [0.05, 0.1) is 0 Å². The number of rotatable bonds is 13. The smallest absolute Gasteiger partial charge is 0.0212 e. The van der Waals surface area contributed by atoms with Crippen LogP contribution in [0.25, 0.3) is 0 Å². The lowest BCUT2D eigenvalue weighted by Gasteiger charge is -2.01. The van der Waals surface area contributed by atoms with E-state index in [2.05, 4.69) is 35.0 Å². The van der Waals surface area contributed by atoms with Crippen molar-refractivity contribution in [3.63, 3.8) is 0 Å². The van der Waals surface area contributed by atoms with E-state index in [0.717, 1.165) is 5.33 Å². The maximum atomic E-state index is 3.40. The summed E-state index contributed by atoms with van der Waals surface area (Å²) in [5.74, 6) is 0. The lowest BCUT2D eigenvalue weighted by molar-refractivity contribution is 0.550. The molecule has 1 heteroatoms. The van der Waals surface area contributed by atoms with E-state index >= 15 is 0 Å². The van der Waals surface area contributed by atoms with Crippen LogP contribution in [0.1, 0.15) is 84.0 Å². The quantitative estimate of drug-likeness (QED) is 0.203. The van der Waals surface area contributed by atoms with Crippen LogP contribution in [0.15, 0.2) is 12.2 Å². The molecular weight excluding hydrogens is 272 g/mol. The number of unbranched alkanes of at least 4 members (excludes halogenated alkanes) is 11. The van der Waals surface area contributed by atoms with Crippen LogP contribution in [0.2, 0.25) is 0 Å². The molecule has 0 nitrogen and oxygen atoms in total. The van der Waals surface area contributed by atoms with E-state index in [1.165, 1.54) is 77.0 Å². The zero-order chi connectivity index (χ0) is 12.6. The molecule has 17 heavy (non-hydrogen) atoms. The van der Waals surface area contributed by atoms with E-state index in [4.69, 9.17) is 0 Å². The Morgan fingerprint density at radius 1 is 0.647 bits per heavy atom. The Kier molecular flexibility index (Phi) is 16.4. The first kappa shape index (κ1) is 17.2. The molecule has 0 heterocycles. The summed E-state index contributed by atoms with van der Waals surface area (Å²) in [6.45, 7) is 2.28. The van der Waals surface area contributed by atoms with Gasteiger partial charge in [-0.15, -0.1) is 0 Å². The van der Waals surface area contributed by atoms with Crippen LogP contribution in [0.4, 0.5) is 0 Å². The lowest BCUT2D eigenvalue weighted by Crippen LogP contribution is -1.82. The molecule has 0 rings (SSSR count). The molecule has 0 aromatic rings. The zero-order valence-electron chi connectivity index (χ0n) is 11.7. The van der Waals surface area contributed by atoms with Crippen molar-refractivity contribution in [1.82, 2.24) is 0 Å². The van der Waals surface area contributed by atoms with E-state index in [0.29, 0.717) is 0 Å². The highest BCUT2D eigenvalue weighted by molar-refractivity contribution is 9.09. The van der Waals surface area contributed by atoms with Crippen LogP contribution in [0, 0.1) is 0 Å². The van der Waals surface area contributed by atoms with Crippen molar-refractivity contribution in [2.75, 3.05) is 5.33 Å². The molecule has 0 unspecified atom stereocenters. The molecule has 0 saturated carbocycles. The van der Waals surface area contributed by atoms with E-state index in [9.17, 15) is 0 Å². The summed E-state index contributed by atoms with van der Waals surface area (Å²) >= 11 is 3.40. The molecule has 0 aliphatic carbocycles. The average Bonchev–Trinajstić information content (AvgIpc) is 2.35. The number of allylic oxidation sites excluding steroid dienone is 2. The third-order valence-corrected chi connectivity index (χ3v) is 3.60. The minimum absolute atomic E-state index is 1.00. The number of hydrogen-bond acceptors (Lipinski definition) is 0. The summed E-state index contributed by atoms with van der Waals surface area (Å²) in [6, 6.07) is 0. The predicted octanol–water partition coefficient (Wildman–Crippen LogP) is 6.64. The Morgan fingerprint density at radius 2 is 1.12 bits per heavy atom. The van der Waals surface area contributed by atoms with Crippen LogP contribution < -0.4 is 0 Å². The second kappa shape index (κ2) is 16.2. The minimum Gasteiger partial charge on any atom is -0.0883 e. The van der Waals surface area contributed by atoms with Crippen molar-refractivity contribution in [3.05, 3.63) is 12.2 Å². The molecule has 0 saturated heterocycles. The minimum atomic E-state index is 1.00. The second-order valence-electron chi connectivity index (χ2n) is 4.95. The molecule has 102 valence electrons. The van der Waals surface area contributed by atoms with Gasteiger partial charge in [0.25, 0.3) is 0 Å². The van der Waals surface area contributed by atoms with Crippen molar-refractivity contribution in [2.45, 2.75) is 84.0 Å². The van der Waals surface area contributed by atoms with Gasteiger partial charge in [0.15, 0.2) is 0 Å². The highest BCUT2D eigenvalue weighted by Gasteiger charge is 1.92. The molecule has 0 fully saturated rings. The van der Waals surface area contributed by atoms with Crippen LogP contribution >= 0.6 is 15.9 Å². The van der Waals surface area contributed by atoms with Gasteiger partial charge in [0.1, 0.15) is 0 Å². The fourth-order valence-electron chi connectivity index (χ4n) is 2.11. The zero-order valence-corrected chi connectivity index (χ0v) is 13.3. The Balaban J connectivity index is 2.91. The third kappa shape index (κ3) is 16.2. The molecule has 0 aliphatic heterocycles. The monoisotopic (exact) mass is 302 g/mol. The van der Waals surface area contributed by atoms with E-state index in [1.54, 1.807) is 0 Å². The molecule has 0 spiro atoms. The van der Waals surface area contributed by atoms with Gasteiger partial charge in [-0.3, -0.25) is 0 Å². The lowest BCUT2D eigenvalue weighted by atomic mass is 10.1. The average molecular weight is 303 g/mol. The van der Waals surface area contributed by atoms with Gasteiger partial charge in [-0.05, 0) is 12.8 Å². The van der Waals surface area contributed by atoms with Crippen LogP contribution in [0.5, 0.6) is 0 Å². The molecular formula is C16H31Br. The molecule has 0 bridgehead atoms. The van der Waals surface area contributed by atoms with Gasteiger partial charge < -0.3 is 0 Å². The largest absolute Gasteiger partial charge is 0.0883 e. The summed E-state index contributed by atoms with van der Waals surface area (Å²) in [5.41, 5.74) is 0. The third-order valence-electron chi connectivity index (χ3n) is 3.23. The topological polar surface area (TPSA) is 0 Å². The fourth-order valence-corrected chi connectivity index (χ4v) is 2.37. The first-order valence-electron chi connectivity index (χ1n) is 7.62. The molecule has 0 N–H and O–H groups in total. The predicted molar refractivity (Wildman–Crippen MR) is 84.0 cm³/mol. The van der Waals surface area contributed by atoms with E-state index < -0.39 is 0 Å². The summed E-state index contributed by atoms with van der Waals surface area (Å²) < 4.78 is 0. The van der Waals surface area contributed by atoms with Crippen molar-refractivity contribution in [3.8, 4) is 0 Å². The highest BCUT2D eigenvalue weighted by atomic mass is 79.9. The maximum Gasteiger partial charge on any atom is 0.0212 e. The first-order valence-corrected chi connectivity index (χ1v) is 8.75. The SMILES string of the molecule is CCCCCCCCCCCCC/C=C/CBr. The van der Waals surface area contributed by atoms with E-state index in [-0.39, 0.29) is 0 Å². The summed E-state index contributed by atoms with van der Waals surface area (Å²) in [5, 5.41) is 1.00. The summed E-state index contributed by atoms with van der Waals surface area (Å²) in [4.78, 5) is 0. The Labute approximate surface area is 117 Å². The molecule has 0 atom stereocenters. The number of alkyl halides is 1. The molecule has 0 aliphatic rings.